The first-order chi connectivity index (χ1) is 11.8. The SMILES string of the molecule is O=C(CSc1ccccc1)NCCc1cnn(-c2ccccc2)c1. The number of benzene rings is 2. The fraction of sp³-hybridized carbons (Fsp3) is 0.158. The van der Waals surface area contributed by atoms with E-state index in [0.29, 0.717) is 12.3 Å². The lowest BCUT2D eigenvalue weighted by Crippen LogP contribution is -2.27. The highest BCUT2D eigenvalue weighted by atomic mass is 32.2. The molecule has 1 amide bonds. The summed E-state index contributed by atoms with van der Waals surface area (Å²) in [5.41, 5.74) is 2.14. The molecule has 122 valence electrons. The second-order valence-corrected chi connectivity index (χ2v) is 6.38. The first-order valence-electron chi connectivity index (χ1n) is 7.85. The minimum Gasteiger partial charge on any atom is -0.355 e. The lowest BCUT2D eigenvalue weighted by molar-refractivity contribution is -0.118. The van der Waals surface area contributed by atoms with Gasteiger partial charge < -0.3 is 5.32 Å². The number of amides is 1. The number of carbonyl (C=O) groups excluding carboxylic acids is 1. The van der Waals surface area contributed by atoms with Gasteiger partial charge >= 0.3 is 0 Å². The molecule has 3 rings (SSSR count). The molecule has 24 heavy (non-hydrogen) atoms. The Labute approximate surface area is 145 Å². The molecule has 3 aromatic rings. The second kappa shape index (κ2) is 8.36. The van der Waals surface area contributed by atoms with Crippen molar-refractivity contribution in [3.63, 3.8) is 0 Å². The fourth-order valence-corrected chi connectivity index (χ4v) is 3.02. The van der Waals surface area contributed by atoms with E-state index < -0.39 is 0 Å². The summed E-state index contributed by atoms with van der Waals surface area (Å²) in [6.07, 6.45) is 4.62. The average Bonchev–Trinajstić information content (AvgIpc) is 3.11. The van der Waals surface area contributed by atoms with E-state index in [1.807, 2.05) is 77.7 Å². The van der Waals surface area contributed by atoms with Crippen LogP contribution in [-0.2, 0) is 11.2 Å². The first kappa shape index (κ1) is 16.3. The van der Waals surface area contributed by atoms with Gasteiger partial charge in [-0.3, -0.25) is 4.79 Å². The van der Waals surface area contributed by atoms with Gasteiger partial charge in [0.25, 0.3) is 0 Å². The minimum atomic E-state index is 0.0549. The Hall–Kier alpha value is -2.53. The number of rotatable bonds is 7. The number of nitrogens with zero attached hydrogens (tertiary/aromatic N) is 2. The van der Waals surface area contributed by atoms with Gasteiger partial charge in [0.1, 0.15) is 0 Å². The van der Waals surface area contributed by atoms with Crippen LogP contribution in [0.5, 0.6) is 0 Å². The molecular formula is C19H19N3OS. The number of nitrogens with one attached hydrogen (secondary N) is 1. The maximum absolute atomic E-state index is 11.9. The third kappa shape index (κ3) is 4.73. The molecule has 0 atom stereocenters. The standard InChI is InChI=1S/C19H19N3OS/c23-19(15-24-18-9-5-2-6-10-18)20-12-11-16-13-21-22(14-16)17-7-3-1-4-8-17/h1-10,13-14H,11-12,15H2,(H,20,23). The van der Waals surface area contributed by atoms with Crippen molar-refractivity contribution in [1.29, 1.82) is 0 Å². The number of thioether (sulfide) groups is 1. The summed E-state index contributed by atoms with van der Waals surface area (Å²) in [7, 11) is 0. The molecular weight excluding hydrogens is 318 g/mol. The summed E-state index contributed by atoms with van der Waals surface area (Å²) in [4.78, 5) is 13.0. The predicted octanol–water partition coefficient (Wildman–Crippen LogP) is 3.32. The number of hydrogen-bond donors (Lipinski definition) is 1. The van der Waals surface area contributed by atoms with Crippen molar-refractivity contribution in [1.82, 2.24) is 15.1 Å². The summed E-state index contributed by atoms with van der Waals surface area (Å²) >= 11 is 1.55. The molecule has 0 fully saturated rings. The first-order valence-corrected chi connectivity index (χ1v) is 8.83. The van der Waals surface area contributed by atoms with Crippen LogP contribution >= 0.6 is 11.8 Å². The van der Waals surface area contributed by atoms with Gasteiger partial charge in [0.15, 0.2) is 0 Å². The van der Waals surface area contributed by atoms with Crippen LogP contribution in [0.3, 0.4) is 0 Å². The molecule has 2 aromatic carbocycles. The zero-order valence-electron chi connectivity index (χ0n) is 13.3. The minimum absolute atomic E-state index is 0.0549. The van der Waals surface area contributed by atoms with E-state index in [9.17, 15) is 4.79 Å². The van der Waals surface area contributed by atoms with E-state index in [1.165, 1.54) is 0 Å². The summed E-state index contributed by atoms with van der Waals surface area (Å²) in [5, 5.41) is 7.31. The highest BCUT2D eigenvalue weighted by molar-refractivity contribution is 8.00. The molecule has 4 nitrogen and oxygen atoms in total. The molecule has 0 bridgehead atoms. The Kier molecular flexibility index (Phi) is 5.69. The van der Waals surface area contributed by atoms with Crippen LogP contribution in [0, 0.1) is 0 Å². The highest BCUT2D eigenvalue weighted by Gasteiger charge is 2.04. The lowest BCUT2D eigenvalue weighted by Gasteiger charge is -2.04. The zero-order chi connectivity index (χ0) is 16.6. The van der Waals surface area contributed by atoms with Gasteiger partial charge in [-0.2, -0.15) is 5.10 Å². The number of para-hydroxylation sites is 1. The second-order valence-electron chi connectivity index (χ2n) is 5.33. The van der Waals surface area contributed by atoms with E-state index in [0.717, 1.165) is 22.6 Å². The van der Waals surface area contributed by atoms with Crippen LogP contribution in [-0.4, -0.2) is 28.0 Å². The van der Waals surface area contributed by atoms with Gasteiger partial charge in [0.2, 0.25) is 5.91 Å². The van der Waals surface area contributed by atoms with Crippen LogP contribution in [0.4, 0.5) is 0 Å². The van der Waals surface area contributed by atoms with E-state index in [2.05, 4.69) is 10.4 Å². The molecule has 1 N–H and O–H groups in total. The van der Waals surface area contributed by atoms with E-state index in [-0.39, 0.29) is 5.91 Å². The Morgan fingerprint density at radius 2 is 1.75 bits per heavy atom. The summed E-state index contributed by atoms with van der Waals surface area (Å²) in [5.74, 6) is 0.493. The van der Waals surface area contributed by atoms with Crippen molar-refractivity contribution in [2.75, 3.05) is 12.3 Å². The number of carbonyl (C=O) groups is 1. The topological polar surface area (TPSA) is 46.9 Å². The quantitative estimate of drug-likeness (QED) is 0.673. The Bertz CT molecular complexity index is 772. The van der Waals surface area contributed by atoms with Crippen LogP contribution in [0.1, 0.15) is 5.56 Å². The van der Waals surface area contributed by atoms with Crippen molar-refractivity contribution >= 4 is 17.7 Å². The summed E-state index contributed by atoms with van der Waals surface area (Å²) in [6, 6.07) is 19.9. The molecule has 0 radical (unpaired) electrons. The van der Waals surface area contributed by atoms with Crippen LogP contribution < -0.4 is 5.32 Å². The van der Waals surface area contributed by atoms with Gasteiger partial charge in [-0.1, -0.05) is 36.4 Å². The van der Waals surface area contributed by atoms with Crippen molar-refractivity contribution < 1.29 is 4.79 Å². The predicted molar refractivity (Wildman–Crippen MR) is 97.4 cm³/mol. The Morgan fingerprint density at radius 3 is 2.50 bits per heavy atom. The van der Waals surface area contributed by atoms with Crippen molar-refractivity contribution in [3.05, 3.63) is 78.6 Å². The molecule has 0 aliphatic carbocycles. The normalized spacial score (nSPS) is 10.5. The molecule has 0 unspecified atom stereocenters. The van der Waals surface area contributed by atoms with Gasteiger partial charge in [-0.25, -0.2) is 4.68 Å². The van der Waals surface area contributed by atoms with Gasteiger partial charge in [0.05, 0.1) is 17.6 Å². The van der Waals surface area contributed by atoms with Crippen molar-refractivity contribution in [2.45, 2.75) is 11.3 Å². The molecule has 1 heterocycles. The van der Waals surface area contributed by atoms with Gasteiger partial charge in [-0.05, 0) is 36.2 Å². The summed E-state index contributed by atoms with van der Waals surface area (Å²) < 4.78 is 1.85. The molecule has 5 heteroatoms. The molecule has 0 aliphatic rings. The number of aromatic nitrogens is 2. The summed E-state index contributed by atoms with van der Waals surface area (Å²) in [6.45, 7) is 0.620. The van der Waals surface area contributed by atoms with Crippen molar-refractivity contribution in [3.8, 4) is 5.69 Å². The molecule has 1 aromatic heterocycles. The van der Waals surface area contributed by atoms with Crippen LogP contribution in [0.15, 0.2) is 78.0 Å². The average molecular weight is 337 g/mol. The Balaban J connectivity index is 1.42. The molecule has 0 saturated carbocycles. The van der Waals surface area contributed by atoms with Crippen LogP contribution in [0.2, 0.25) is 0 Å². The maximum Gasteiger partial charge on any atom is 0.230 e. The third-order valence-corrected chi connectivity index (χ3v) is 4.52. The highest BCUT2D eigenvalue weighted by Crippen LogP contribution is 2.16. The third-order valence-electron chi connectivity index (χ3n) is 3.51. The van der Waals surface area contributed by atoms with E-state index >= 15 is 0 Å². The smallest absolute Gasteiger partial charge is 0.230 e. The van der Waals surface area contributed by atoms with Crippen LogP contribution in [0.25, 0.3) is 5.69 Å². The number of hydrogen-bond acceptors (Lipinski definition) is 3. The van der Waals surface area contributed by atoms with Gasteiger partial charge in [0, 0.05) is 17.6 Å². The van der Waals surface area contributed by atoms with E-state index in [4.69, 9.17) is 0 Å². The maximum atomic E-state index is 11.9. The fourth-order valence-electron chi connectivity index (χ4n) is 2.27. The largest absolute Gasteiger partial charge is 0.355 e. The molecule has 0 aliphatic heterocycles. The van der Waals surface area contributed by atoms with E-state index in [1.54, 1.807) is 11.8 Å². The van der Waals surface area contributed by atoms with Gasteiger partial charge in [-0.15, -0.1) is 11.8 Å². The molecule has 0 spiro atoms. The monoisotopic (exact) mass is 337 g/mol. The Morgan fingerprint density at radius 1 is 1.04 bits per heavy atom. The lowest BCUT2D eigenvalue weighted by atomic mass is 10.2. The van der Waals surface area contributed by atoms with Crippen molar-refractivity contribution in [2.24, 2.45) is 0 Å². The molecule has 0 saturated heterocycles. The zero-order valence-corrected chi connectivity index (χ0v) is 14.1.